The number of hydrogen-bond acceptors (Lipinski definition) is 1. The van der Waals surface area contributed by atoms with E-state index in [1.54, 1.807) is 0 Å². The van der Waals surface area contributed by atoms with Crippen LogP contribution in [0.15, 0.2) is 18.2 Å². The fourth-order valence-electron chi connectivity index (χ4n) is 2.73. The van der Waals surface area contributed by atoms with E-state index in [4.69, 9.17) is 0 Å². The summed E-state index contributed by atoms with van der Waals surface area (Å²) < 4.78 is 0. The van der Waals surface area contributed by atoms with Gasteiger partial charge in [0, 0.05) is 12.1 Å². The van der Waals surface area contributed by atoms with Crippen molar-refractivity contribution in [1.29, 1.82) is 0 Å². The van der Waals surface area contributed by atoms with Gasteiger partial charge in [0.25, 0.3) is 5.91 Å². The highest BCUT2D eigenvalue weighted by atomic mass is 16.1. The van der Waals surface area contributed by atoms with E-state index in [-0.39, 0.29) is 5.91 Å². The highest BCUT2D eigenvalue weighted by molar-refractivity contribution is 5.96. The maximum atomic E-state index is 11.7. The first-order valence-corrected chi connectivity index (χ1v) is 5.26. The van der Waals surface area contributed by atoms with Gasteiger partial charge in [-0.2, -0.15) is 0 Å². The van der Waals surface area contributed by atoms with E-state index >= 15 is 0 Å². The number of aryl methyl sites for hydroxylation is 1. The third kappa shape index (κ3) is 0.999. The molecule has 0 radical (unpaired) electrons. The Balaban J connectivity index is 2.23. The summed E-state index contributed by atoms with van der Waals surface area (Å²) in [5.41, 5.74) is 3.65. The van der Waals surface area contributed by atoms with Crippen molar-refractivity contribution in [3.63, 3.8) is 0 Å². The quantitative estimate of drug-likeness (QED) is 0.659. The molecule has 0 bridgehead atoms. The summed E-state index contributed by atoms with van der Waals surface area (Å²) in [6, 6.07) is 6.12. The van der Waals surface area contributed by atoms with Gasteiger partial charge in [-0.1, -0.05) is 12.1 Å². The fourth-order valence-corrected chi connectivity index (χ4v) is 2.73. The Hall–Kier alpha value is -1.31. The number of carbonyl (C=O) groups excluding carboxylic acids is 1. The largest absolute Gasteiger partial charge is 0.352 e. The van der Waals surface area contributed by atoms with E-state index in [2.05, 4.69) is 11.4 Å². The molecule has 1 unspecified atom stereocenters. The zero-order chi connectivity index (χ0) is 9.54. The topological polar surface area (TPSA) is 29.1 Å². The van der Waals surface area contributed by atoms with E-state index < -0.39 is 0 Å². The van der Waals surface area contributed by atoms with Crippen molar-refractivity contribution in [1.82, 2.24) is 5.32 Å². The van der Waals surface area contributed by atoms with Crippen molar-refractivity contribution < 1.29 is 4.79 Å². The SMILES string of the molecule is O=C1NCCC2CCc3cccc1c32. The number of carbonyl (C=O) groups is 1. The molecule has 2 nitrogen and oxygen atoms in total. The molecule has 0 saturated carbocycles. The lowest BCUT2D eigenvalue weighted by Gasteiger charge is -2.08. The summed E-state index contributed by atoms with van der Waals surface area (Å²) in [6.07, 6.45) is 3.48. The van der Waals surface area contributed by atoms with Crippen molar-refractivity contribution >= 4 is 5.91 Å². The molecule has 1 aliphatic carbocycles. The molecule has 2 aliphatic rings. The van der Waals surface area contributed by atoms with Crippen LogP contribution in [0.3, 0.4) is 0 Å². The van der Waals surface area contributed by atoms with E-state index in [1.165, 1.54) is 17.5 Å². The Kier molecular flexibility index (Phi) is 1.63. The standard InChI is InChI=1S/C12H13NO/c14-12-10-3-1-2-8-4-5-9(11(8)10)6-7-13-12/h1-3,9H,4-7H2,(H,13,14). The van der Waals surface area contributed by atoms with Crippen LogP contribution in [-0.4, -0.2) is 12.5 Å². The van der Waals surface area contributed by atoms with Crippen LogP contribution in [0.2, 0.25) is 0 Å². The highest BCUT2D eigenvalue weighted by Crippen LogP contribution is 2.38. The van der Waals surface area contributed by atoms with Gasteiger partial charge in [-0.15, -0.1) is 0 Å². The third-order valence-corrected chi connectivity index (χ3v) is 3.39. The second-order valence-electron chi connectivity index (χ2n) is 4.16. The monoisotopic (exact) mass is 187 g/mol. The molecule has 1 amide bonds. The van der Waals surface area contributed by atoms with Crippen LogP contribution in [0.5, 0.6) is 0 Å². The van der Waals surface area contributed by atoms with Gasteiger partial charge in [0.2, 0.25) is 0 Å². The van der Waals surface area contributed by atoms with Gasteiger partial charge in [0.05, 0.1) is 0 Å². The van der Waals surface area contributed by atoms with E-state index in [0.29, 0.717) is 5.92 Å². The van der Waals surface area contributed by atoms with Crippen molar-refractivity contribution in [3.8, 4) is 0 Å². The van der Waals surface area contributed by atoms with E-state index in [1.807, 2.05) is 12.1 Å². The Bertz CT molecular complexity index is 397. The molecule has 3 rings (SSSR count). The molecule has 0 aromatic heterocycles. The molecule has 1 heterocycles. The predicted octanol–water partition coefficient (Wildman–Crippen LogP) is 1.85. The second kappa shape index (κ2) is 2.84. The molecule has 1 N–H and O–H groups in total. The Labute approximate surface area is 83.3 Å². The summed E-state index contributed by atoms with van der Waals surface area (Å²) in [5.74, 6) is 0.742. The number of nitrogens with one attached hydrogen (secondary N) is 1. The zero-order valence-electron chi connectivity index (χ0n) is 8.05. The van der Waals surface area contributed by atoms with Gasteiger partial charge >= 0.3 is 0 Å². The van der Waals surface area contributed by atoms with Crippen LogP contribution in [-0.2, 0) is 6.42 Å². The van der Waals surface area contributed by atoms with Gasteiger partial charge < -0.3 is 5.32 Å². The number of rotatable bonds is 0. The first-order chi connectivity index (χ1) is 6.86. The summed E-state index contributed by atoms with van der Waals surface area (Å²) in [4.78, 5) is 11.7. The molecule has 1 aromatic rings. The number of hydrogen-bond donors (Lipinski definition) is 1. The minimum absolute atomic E-state index is 0.117. The van der Waals surface area contributed by atoms with Gasteiger partial charge in [-0.25, -0.2) is 0 Å². The van der Waals surface area contributed by atoms with Crippen LogP contribution >= 0.6 is 0 Å². The maximum Gasteiger partial charge on any atom is 0.251 e. The van der Waals surface area contributed by atoms with Crippen LogP contribution in [0, 0.1) is 0 Å². The first kappa shape index (κ1) is 8.04. The number of benzene rings is 1. The zero-order valence-corrected chi connectivity index (χ0v) is 8.05. The predicted molar refractivity (Wildman–Crippen MR) is 54.5 cm³/mol. The lowest BCUT2D eigenvalue weighted by molar-refractivity contribution is 0.0956. The maximum absolute atomic E-state index is 11.7. The van der Waals surface area contributed by atoms with Crippen molar-refractivity contribution in [2.45, 2.75) is 25.2 Å². The molecule has 72 valence electrons. The molecule has 14 heavy (non-hydrogen) atoms. The van der Waals surface area contributed by atoms with Crippen LogP contribution in [0.25, 0.3) is 0 Å². The highest BCUT2D eigenvalue weighted by Gasteiger charge is 2.29. The average Bonchev–Trinajstić information content (AvgIpc) is 2.53. The lowest BCUT2D eigenvalue weighted by Crippen LogP contribution is -2.22. The Morgan fingerprint density at radius 2 is 2.21 bits per heavy atom. The molecule has 1 aliphatic heterocycles. The van der Waals surface area contributed by atoms with Gasteiger partial charge in [-0.05, 0) is 42.4 Å². The molecule has 0 spiro atoms. The fraction of sp³-hybridized carbons (Fsp3) is 0.417. The minimum atomic E-state index is 0.117. The van der Waals surface area contributed by atoms with Gasteiger partial charge in [0.15, 0.2) is 0 Å². The smallest absolute Gasteiger partial charge is 0.251 e. The second-order valence-corrected chi connectivity index (χ2v) is 4.16. The van der Waals surface area contributed by atoms with Crippen molar-refractivity contribution in [3.05, 3.63) is 34.9 Å². The first-order valence-electron chi connectivity index (χ1n) is 5.26. The number of amides is 1. The molecular formula is C12H13NO. The summed E-state index contributed by atoms with van der Waals surface area (Å²) in [5, 5.41) is 2.95. The van der Waals surface area contributed by atoms with Crippen molar-refractivity contribution in [2.75, 3.05) is 6.54 Å². The lowest BCUT2D eigenvalue weighted by atomic mass is 9.94. The normalized spacial score (nSPS) is 24.0. The van der Waals surface area contributed by atoms with Gasteiger partial charge in [0.1, 0.15) is 0 Å². The van der Waals surface area contributed by atoms with Crippen LogP contribution in [0.1, 0.15) is 40.2 Å². The van der Waals surface area contributed by atoms with E-state index in [9.17, 15) is 4.79 Å². The van der Waals surface area contributed by atoms with Crippen LogP contribution < -0.4 is 5.32 Å². The Morgan fingerprint density at radius 1 is 1.29 bits per heavy atom. The molecule has 1 atom stereocenters. The summed E-state index contributed by atoms with van der Waals surface area (Å²) >= 11 is 0. The van der Waals surface area contributed by atoms with Gasteiger partial charge in [-0.3, -0.25) is 4.79 Å². The van der Waals surface area contributed by atoms with E-state index in [0.717, 1.165) is 24.9 Å². The average molecular weight is 187 g/mol. The summed E-state index contributed by atoms with van der Waals surface area (Å²) in [6.45, 7) is 0.831. The molecular weight excluding hydrogens is 174 g/mol. The molecule has 1 aromatic carbocycles. The molecule has 0 saturated heterocycles. The molecule has 0 fully saturated rings. The third-order valence-electron chi connectivity index (χ3n) is 3.39. The van der Waals surface area contributed by atoms with Crippen molar-refractivity contribution in [2.24, 2.45) is 0 Å². The van der Waals surface area contributed by atoms with Crippen LogP contribution in [0.4, 0.5) is 0 Å². The minimum Gasteiger partial charge on any atom is -0.352 e. The summed E-state index contributed by atoms with van der Waals surface area (Å²) in [7, 11) is 0. The molecule has 2 heteroatoms. The Morgan fingerprint density at radius 3 is 3.14 bits per heavy atom.